The maximum Gasteiger partial charge on any atom is 0.264 e. The summed E-state index contributed by atoms with van der Waals surface area (Å²) in [5, 5.41) is 2.52. The van der Waals surface area contributed by atoms with Crippen molar-refractivity contribution in [2.24, 2.45) is 0 Å². The Morgan fingerprint density at radius 2 is 1.74 bits per heavy atom. The first-order chi connectivity index (χ1) is 14.6. The van der Waals surface area contributed by atoms with Gasteiger partial charge in [0.15, 0.2) is 0 Å². The van der Waals surface area contributed by atoms with Gasteiger partial charge in [-0.15, -0.1) is 0 Å². The Morgan fingerprint density at radius 1 is 1.03 bits per heavy atom. The molecule has 0 spiro atoms. The number of nitrogens with zero attached hydrogens (tertiary/aromatic N) is 1. The lowest BCUT2D eigenvalue weighted by molar-refractivity contribution is 0.102. The minimum Gasteiger partial charge on any atom is -0.495 e. The predicted octanol–water partition coefficient (Wildman–Crippen LogP) is 4.53. The molecule has 1 N–H and O–H groups in total. The van der Waals surface area contributed by atoms with Gasteiger partial charge >= 0.3 is 0 Å². The zero-order valence-corrected chi connectivity index (χ0v) is 18.5. The number of para-hydroxylation sites is 2. The van der Waals surface area contributed by atoms with E-state index in [1.807, 2.05) is 0 Å². The lowest BCUT2D eigenvalue weighted by Gasteiger charge is -2.22. The summed E-state index contributed by atoms with van der Waals surface area (Å²) in [6.07, 6.45) is 0. The standard InChI is InChI=1S/C23H23FN2O4S/c1-15-9-12-19(24)20(13-15)25-23(27)18-14-17(11-10-16(18)2)31(28,29)26(3)21-7-5-6-8-22(21)30-4/h5-14H,1-4H3,(H,25,27). The molecule has 3 rings (SSSR count). The second-order valence-electron chi connectivity index (χ2n) is 7.06. The van der Waals surface area contributed by atoms with Gasteiger partial charge in [-0.3, -0.25) is 9.10 Å². The molecular weight excluding hydrogens is 419 g/mol. The van der Waals surface area contributed by atoms with Crippen LogP contribution < -0.4 is 14.4 Å². The van der Waals surface area contributed by atoms with Gasteiger partial charge < -0.3 is 10.1 Å². The van der Waals surface area contributed by atoms with Crippen molar-refractivity contribution in [1.82, 2.24) is 0 Å². The fourth-order valence-corrected chi connectivity index (χ4v) is 4.34. The van der Waals surface area contributed by atoms with Gasteiger partial charge in [0, 0.05) is 12.6 Å². The molecule has 0 fully saturated rings. The number of ether oxygens (including phenoxy) is 1. The summed E-state index contributed by atoms with van der Waals surface area (Å²) in [5.41, 5.74) is 1.87. The Kier molecular flexibility index (Phi) is 6.31. The number of aryl methyl sites for hydroxylation is 2. The number of carbonyl (C=O) groups is 1. The number of sulfonamides is 1. The molecule has 0 aliphatic carbocycles. The van der Waals surface area contributed by atoms with Crippen molar-refractivity contribution >= 4 is 27.3 Å². The lowest BCUT2D eigenvalue weighted by atomic mass is 10.1. The van der Waals surface area contributed by atoms with Crippen LogP contribution in [0.2, 0.25) is 0 Å². The quantitative estimate of drug-likeness (QED) is 0.609. The van der Waals surface area contributed by atoms with Crippen LogP contribution in [0, 0.1) is 19.7 Å². The van der Waals surface area contributed by atoms with E-state index in [1.54, 1.807) is 50.2 Å². The minimum atomic E-state index is -3.99. The number of rotatable bonds is 6. The van der Waals surface area contributed by atoms with Crippen molar-refractivity contribution in [1.29, 1.82) is 0 Å². The van der Waals surface area contributed by atoms with Crippen LogP contribution in [0.1, 0.15) is 21.5 Å². The van der Waals surface area contributed by atoms with Crippen molar-refractivity contribution in [3.05, 3.63) is 83.2 Å². The molecule has 0 saturated carbocycles. The Bertz CT molecular complexity index is 1240. The molecule has 1 amide bonds. The first-order valence-corrected chi connectivity index (χ1v) is 10.9. The highest BCUT2D eigenvalue weighted by Crippen LogP contribution is 2.31. The molecule has 3 aromatic carbocycles. The molecule has 8 heteroatoms. The van der Waals surface area contributed by atoms with Crippen LogP contribution in [0.3, 0.4) is 0 Å². The fourth-order valence-electron chi connectivity index (χ4n) is 3.11. The van der Waals surface area contributed by atoms with Crippen LogP contribution >= 0.6 is 0 Å². The van der Waals surface area contributed by atoms with Gasteiger partial charge in [-0.1, -0.05) is 24.3 Å². The van der Waals surface area contributed by atoms with Crippen LogP contribution in [0.5, 0.6) is 5.75 Å². The van der Waals surface area contributed by atoms with Gasteiger partial charge in [0.1, 0.15) is 11.6 Å². The smallest absolute Gasteiger partial charge is 0.264 e. The number of hydrogen-bond acceptors (Lipinski definition) is 4. The van der Waals surface area contributed by atoms with Crippen LogP contribution in [0.4, 0.5) is 15.8 Å². The zero-order chi connectivity index (χ0) is 22.8. The van der Waals surface area contributed by atoms with E-state index in [0.717, 1.165) is 9.87 Å². The number of halogens is 1. The SMILES string of the molecule is COc1ccccc1N(C)S(=O)(=O)c1ccc(C)c(C(=O)Nc2cc(C)ccc2F)c1. The molecular formula is C23H23FN2O4S. The maximum absolute atomic E-state index is 14.1. The summed E-state index contributed by atoms with van der Waals surface area (Å²) in [7, 11) is -1.12. The van der Waals surface area contributed by atoms with E-state index in [9.17, 15) is 17.6 Å². The molecule has 0 aliphatic heterocycles. The van der Waals surface area contributed by atoms with E-state index >= 15 is 0 Å². The highest BCUT2D eigenvalue weighted by molar-refractivity contribution is 7.92. The first kappa shape index (κ1) is 22.3. The van der Waals surface area contributed by atoms with Gasteiger partial charge in [0.05, 0.1) is 23.4 Å². The van der Waals surface area contributed by atoms with Crippen LogP contribution in [-0.2, 0) is 10.0 Å². The second-order valence-corrected chi connectivity index (χ2v) is 9.03. The summed E-state index contributed by atoms with van der Waals surface area (Å²) < 4.78 is 46.9. The molecule has 0 aromatic heterocycles. The number of anilines is 2. The molecule has 0 bridgehead atoms. The average Bonchev–Trinajstić information content (AvgIpc) is 2.75. The highest BCUT2D eigenvalue weighted by atomic mass is 32.2. The van der Waals surface area contributed by atoms with Crippen LogP contribution in [-0.4, -0.2) is 28.5 Å². The van der Waals surface area contributed by atoms with Gasteiger partial charge in [-0.05, 0) is 61.4 Å². The largest absolute Gasteiger partial charge is 0.495 e. The van der Waals surface area contributed by atoms with Crippen molar-refractivity contribution in [2.75, 3.05) is 23.8 Å². The lowest BCUT2D eigenvalue weighted by Crippen LogP contribution is -2.27. The second kappa shape index (κ2) is 8.77. The van der Waals surface area contributed by atoms with Crippen molar-refractivity contribution in [3.63, 3.8) is 0 Å². The fraction of sp³-hybridized carbons (Fsp3) is 0.174. The summed E-state index contributed by atoms with van der Waals surface area (Å²) in [5.74, 6) is -0.774. The Hall–Kier alpha value is -3.39. The van der Waals surface area contributed by atoms with Gasteiger partial charge in [-0.2, -0.15) is 0 Å². The third-order valence-electron chi connectivity index (χ3n) is 4.91. The Balaban J connectivity index is 1.98. The summed E-state index contributed by atoms with van der Waals surface area (Å²) >= 11 is 0. The summed E-state index contributed by atoms with van der Waals surface area (Å²) in [6.45, 7) is 3.46. The van der Waals surface area contributed by atoms with E-state index in [-0.39, 0.29) is 16.1 Å². The zero-order valence-electron chi connectivity index (χ0n) is 17.6. The third-order valence-corrected chi connectivity index (χ3v) is 6.67. The number of hydrogen-bond donors (Lipinski definition) is 1. The average molecular weight is 443 g/mol. The normalized spacial score (nSPS) is 11.1. The molecule has 0 aliphatic rings. The molecule has 0 heterocycles. The minimum absolute atomic E-state index is 0.0313. The molecule has 31 heavy (non-hydrogen) atoms. The van der Waals surface area contributed by atoms with Crippen LogP contribution in [0.15, 0.2) is 65.6 Å². The monoisotopic (exact) mass is 442 g/mol. The molecule has 0 radical (unpaired) electrons. The number of amides is 1. The van der Waals surface area contributed by atoms with Crippen LogP contribution in [0.25, 0.3) is 0 Å². The number of methoxy groups -OCH3 is 1. The molecule has 0 unspecified atom stereocenters. The summed E-state index contributed by atoms with van der Waals surface area (Å²) in [4.78, 5) is 12.7. The van der Waals surface area contributed by atoms with E-state index in [2.05, 4.69) is 5.32 Å². The molecule has 162 valence electrons. The molecule has 0 saturated heterocycles. The number of carbonyl (C=O) groups excluding carboxylic acids is 1. The molecule has 3 aromatic rings. The highest BCUT2D eigenvalue weighted by Gasteiger charge is 2.25. The van der Waals surface area contributed by atoms with Crippen molar-refractivity contribution < 1.29 is 22.3 Å². The topological polar surface area (TPSA) is 75.7 Å². The van der Waals surface area contributed by atoms with E-state index in [0.29, 0.717) is 17.0 Å². The van der Waals surface area contributed by atoms with E-state index in [1.165, 1.54) is 38.4 Å². The van der Waals surface area contributed by atoms with Crippen molar-refractivity contribution in [3.8, 4) is 5.75 Å². The van der Waals surface area contributed by atoms with E-state index < -0.39 is 21.7 Å². The van der Waals surface area contributed by atoms with Crippen molar-refractivity contribution in [2.45, 2.75) is 18.7 Å². The third kappa shape index (κ3) is 4.54. The molecule has 6 nitrogen and oxygen atoms in total. The van der Waals surface area contributed by atoms with E-state index in [4.69, 9.17) is 4.74 Å². The summed E-state index contributed by atoms with van der Waals surface area (Å²) in [6, 6.07) is 15.4. The maximum atomic E-state index is 14.1. The number of benzene rings is 3. The molecule has 0 atom stereocenters. The van der Waals surface area contributed by atoms with Gasteiger partial charge in [-0.25, -0.2) is 12.8 Å². The number of nitrogens with one attached hydrogen (secondary N) is 1. The first-order valence-electron chi connectivity index (χ1n) is 9.45. The predicted molar refractivity (Wildman–Crippen MR) is 119 cm³/mol. The Labute approximate surface area is 181 Å². The van der Waals surface area contributed by atoms with Gasteiger partial charge in [0.25, 0.3) is 15.9 Å². The van der Waals surface area contributed by atoms with Gasteiger partial charge in [0.2, 0.25) is 0 Å². The Morgan fingerprint density at radius 3 is 2.45 bits per heavy atom.